The van der Waals surface area contributed by atoms with Crippen molar-refractivity contribution < 1.29 is 14.1 Å². The van der Waals surface area contributed by atoms with Crippen LogP contribution in [0.1, 0.15) is 30.4 Å². The first-order valence-electron chi connectivity index (χ1n) is 5.23. The smallest absolute Gasteiger partial charge is 0.316 e. The van der Waals surface area contributed by atoms with E-state index in [-0.39, 0.29) is 36.0 Å². The van der Waals surface area contributed by atoms with E-state index >= 15 is 0 Å². The summed E-state index contributed by atoms with van der Waals surface area (Å²) < 4.78 is 4.78. The highest BCUT2D eigenvalue weighted by Crippen LogP contribution is 2.00. The van der Waals surface area contributed by atoms with Crippen molar-refractivity contribution in [2.75, 3.05) is 14.1 Å². The van der Waals surface area contributed by atoms with Gasteiger partial charge in [-0.2, -0.15) is 4.98 Å². The first-order chi connectivity index (χ1) is 7.91. The van der Waals surface area contributed by atoms with Crippen molar-refractivity contribution in [3.05, 3.63) is 11.7 Å². The first-order valence-corrected chi connectivity index (χ1v) is 5.23. The fourth-order valence-corrected chi connectivity index (χ4v) is 0.974. The molecule has 0 aliphatic rings. The van der Waals surface area contributed by atoms with Crippen LogP contribution >= 0.6 is 0 Å². The minimum absolute atomic E-state index is 0.0798. The van der Waals surface area contributed by atoms with E-state index < -0.39 is 0 Å². The number of amides is 2. The second kappa shape index (κ2) is 5.42. The van der Waals surface area contributed by atoms with E-state index in [1.807, 2.05) is 0 Å². The number of carbonyl (C=O) groups is 2. The van der Waals surface area contributed by atoms with Gasteiger partial charge in [0.2, 0.25) is 5.91 Å². The molecule has 1 N–H and O–H groups in total. The predicted octanol–water partition coefficient (Wildman–Crippen LogP) is 0.0436. The highest BCUT2D eigenvalue weighted by molar-refractivity contribution is 5.89. The molecule has 1 heterocycles. The van der Waals surface area contributed by atoms with Gasteiger partial charge < -0.3 is 14.7 Å². The van der Waals surface area contributed by atoms with E-state index in [9.17, 15) is 9.59 Å². The number of rotatable bonds is 4. The summed E-state index contributed by atoms with van der Waals surface area (Å²) >= 11 is 0. The summed E-state index contributed by atoms with van der Waals surface area (Å²) in [6, 6.07) is 0. The molecule has 1 aromatic heterocycles. The monoisotopic (exact) mass is 240 g/mol. The number of aromatic nitrogens is 2. The second-order valence-corrected chi connectivity index (χ2v) is 4.09. The molecule has 0 aliphatic carbocycles. The average molecular weight is 240 g/mol. The maximum atomic E-state index is 11.4. The molecule has 0 unspecified atom stereocenters. The lowest BCUT2D eigenvalue weighted by molar-refractivity contribution is -0.124. The standard InChI is InChI=1S/C10H16N4O3/c1-6(2)8(15)11-5-7-12-9(17-13-7)10(16)14(3)4/h6H,5H2,1-4H3,(H,11,15). The normalized spacial score (nSPS) is 10.4. The van der Waals surface area contributed by atoms with Crippen molar-refractivity contribution in [3.8, 4) is 0 Å². The van der Waals surface area contributed by atoms with Crippen molar-refractivity contribution in [1.82, 2.24) is 20.4 Å². The van der Waals surface area contributed by atoms with E-state index in [2.05, 4.69) is 15.5 Å². The van der Waals surface area contributed by atoms with Crippen molar-refractivity contribution in [1.29, 1.82) is 0 Å². The maximum Gasteiger partial charge on any atom is 0.316 e. The quantitative estimate of drug-likeness (QED) is 0.803. The highest BCUT2D eigenvalue weighted by Gasteiger charge is 2.17. The lowest BCUT2D eigenvalue weighted by Gasteiger charge is -2.05. The number of hydrogen-bond acceptors (Lipinski definition) is 5. The van der Waals surface area contributed by atoms with E-state index in [0.29, 0.717) is 0 Å². The van der Waals surface area contributed by atoms with Crippen LogP contribution in [0.4, 0.5) is 0 Å². The van der Waals surface area contributed by atoms with Gasteiger partial charge in [-0.05, 0) is 0 Å². The predicted molar refractivity (Wildman–Crippen MR) is 59.0 cm³/mol. The third-order valence-electron chi connectivity index (χ3n) is 2.00. The van der Waals surface area contributed by atoms with Crippen LogP contribution in [0, 0.1) is 5.92 Å². The summed E-state index contributed by atoms with van der Waals surface area (Å²) in [6.45, 7) is 3.72. The molecule has 1 rings (SSSR count). The van der Waals surface area contributed by atoms with Gasteiger partial charge >= 0.3 is 11.8 Å². The molecule has 0 fully saturated rings. The summed E-state index contributed by atoms with van der Waals surface area (Å²) in [5.41, 5.74) is 0. The molecule has 0 radical (unpaired) electrons. The van der Waals surface area contributed by atoms with Crippen LogP contribution in [0.5, 0.6) is 0 Å². The van der Waals surface area contributed by atoms with Crippen molar-refractivity contribution in [3.63, 3.8) is 0 Å². The number of nitrogens with zero attached hydrogens (tertiary/aromatic N) is 3. The molecule has 7 nitrogen and oxygen atoms in total. The van der Waals surface area contributed by atoms with Gasteiger partial charge in [0, 0.05) is 20.0 Å². The molecule has 0 saturated heterocycles. The third kappa shape index (κ3) is 3.54. The summed E-state index contributed by atoms with van der Waals surface area (Å²) in [5, 5.41) is 6.23. The molecule has 0 saturated carbocycles. The summed E-state index contributed by atoms with van der Waals surface area (Å²) in [7, 11) is 3.18. The molecule has 0 spiro atoms. The van der Waals surface area contributed by atoms with E-state index in [0.717, 1.165) is 0 Å². The lowest BCUT2D eigenvalue weighted by Crippen LogP contribution is -2.27. The Morgan fingerprint density at radius 2 is 2.06 bits per heavy atom. The molecule has 0 bridgehead atoms. The van der Waals surface area contributed by atoms with Gasteiger partial charge in [-0.15, -0.1) is 0 Å². The SMILES string of the molecule is CC(C)C(=O)NCc1noc(C(=O)N(C)C)n1. The van der Waals surface area contributed by atoms with Crippen LogP contribution in [0.2, 0.25) is 0 Å². The molecule has 0 aliphatic heterocycles. The number of carbonyl (C=O) groups excluding carboxylic acids is 2. The van der Waals surface area contributed by atoms with Gasteiger partial charge in [-0.1, -0.05) is 19.0 Å². The van der Waals surface area contributed by atoms with Gasteiger partial charge in [-0.3, -0.25) is 9.59 Å². The zero-order valence-electron chi connectivity index (χ0n) is 10.4. The fraction of sp³-hybridized carbons (Fsp3) is 0.600. The third-order valence-corrected chi connectivity index (χ3v) is 2.00. The van der Waals surface area contributed by atoms with Crippen molar-refractivity contribution in [2.24, 2.45) is 5.92 Å². The summed E-state index contributed by atoms with van der Waals surface area (Å²) in [5.74, 6) is -0.369. The summed E-state index contributed by atoms with van der Waals surface area (Å²) in [4.78, 5) is 28.0. The maximum absolute atomic E-state index is 11.4. The van der Waals surface area contributed by atoms with Crippen LogP contribution in [-0.4, -0.2) is 41.0 Å². The molecular weight excluding hydrogens is 224 g/mol. The Bertz CT molecular complexity index is 411. The molecule has 17 heavy (non-hydrogen) atoms. The van der Waals surface area contributed by atoms with Crippen LogP contribution in [0.15, 0.2) is 4.52 Å². The second-order valence-electron chi connectivity index (χ2n) is 4.09. The Morgan fingerprint density at radius 3 is 2.59 bits per heavy atom. The van der Waals surface area contributed by atoms with E-state index in [1.165, 1.54) is 4.90 Å². The van der Waals surface area contributed by atoms with Crippen LogP contribution in [0.25, 0.3) is 0 Å². The van der Waals surface area contributed by atoms with Crippen LogP contribution in [-0.2, 0) is 11.3 Å². The number of hydrogen-bond donors (Lipinski definition) is 1. The van der Waals surface area contributed by atoms with Gasteiger partial charge in [-0.25, -0.2) is 0 Å². The first kappa shape index (κ1) is 13.1. The molecule has 7 heteroatoms. The Balaban J connectivity index is 2.58. The zero-order valence-corrected chi connectivity index (χ0v) is 10.4. The van der Waals surface area contributed by atoms with E-state index in [4.69, 9.17) is 4.52 Å². The molecule has 0 aromatic carbocycles. The Labute approximate surface area is 99.2 Å². The molecule has 94 valence electrons. The van der Waals surface area contributed by atoms with Gasteiger partial charge in [0.1, 0.15) is 0 Å². The van der Waals surface area contributed by atoms with Gasteiger partial charge in [0.15, 0.2) is 5.82 Å². The Hall–Kier alpha value is -1.92. The minimum atomic E-state index is -0.362. The largest absolute Gasteiger partial charge is 0.348 e. The molecular formula is C10H16N4O3. The molecule has 1 aromatic rings. The van der Waals surface area contributed by atoms with Crippen molar-refractivity contribution in [2.45, 2.75) is 20.4 Å². The fourth-order valence-electron chi connectivity index (χ4n) is 0.974. The van der Waals surface area contributed by atoms with Crippen LogP contribution in [0.3, 0.4) is 0 Å². The van der Waals surface area contributed by atoms with Gasteiger partial charge in [0.05, 0.1) is 6.54 Å². The topological polar surface area (TPSA) is 88.3 Å². The summed E-state index contributed by atoms with van der Waals surface area (Å²) in [6.07, 6.45) is 0. The molecule has 0 atom stereocenters. The molecule has 2 amide bonds. The van der Waals surface area contributed by atoms with E-state index in [1.54, 1.807) is 27.9 Å². The zero-order chi connectivity index (χ0) is 13.0. The average Bonchev–Trinajstić information content (AvgIpc) is 2.72. The number of nitrogens with one attached hydrogen (secondary N) is 1. The minimum Gasteiger partial charge on any atom is -0.348 e. The Morgan fingerprint density at radius 1 is 1.41 bits per heavy atom. The van der Waals surface area contributed by atoms with Crippen molar-refractivity contribution >= 4 is 11.8 Å². The highest BCUT2D eigenvalue weighted by atomic mass is 16.5. The lowest BCUT2D eigenvalue weighted by atomic mass is 10.2. The Kier molecular flexibility index (Phi) is 4.19. The van der Waals surface area contributed by atoms with Gasteiger partial charge in [0.25, 0.3) is 0 Å². The van der Waals surface area contributed by atoms with Crippen LogP contribution < -0.4 is 5.32 Å².